The summed E-state index contributed by atoms with van der Waals surface area (Å²) in [6, 6.07) is 5.40. The summed E-state index contributed by atoms with van der Waals surface area (Å²) in [6.45, 7) is 1.75. The topological polar surface area (TPSA) is 88.2 Å². The summed E-state index contributed by atoms with van der Waals surface area (Å²) >= 11 is 0. The van der Waals surface area contributed by atoms with Crippen LogP contribution in [0.1, 0.15) is 5.69 Å². The molecule has 1 aromatic carbocycles. The van der Waals surface area contributed by atoms with Crippen molar-refractivity contribution in [2.45, 2.75) is 6.92 Å². The summed E-state index contributed by atoms with van der Waals surface area (Å²) in [5.74, 6) is -0.902. The van der Waals surface area contributed by atoms with E-state index in [0.717, 1.165) is 22.2 Å². The van der Waals surface area contributed by atoms with Crippen LogP contribution in [0, 0.1) is 6.92 Å². The Bertz CT molecular complexity index is 581. The number of nitrogens with two attached hydrogens (primary N) is 1. The summed E-state index contributed by atoms with van der Waals surface area (Å²) in [6.07, 6.45) is 1.70. The molecule has 0 saturated carbocycles. The van der Waals surface area contributed by atoms with Gasteiger partial charge in [0.05, 0.1) is 0 Å². The van der Waals surface area contributed by atoms with E-state index in [9.17, 15) is 4.79 Å². The number of hydrogen-bond donors (Lipinski definition) is 3. The fourth-order valence-corrected chi connectivity index (χ4v) is 1.69. The molecule has 5 heteroatoms. The Morgan fingerprint density at radius 2 is 2.24 bits per heavy atom. The number of hydrogen-bond acceptors (Lipinski definition) is 4. The normalized spacial score (nSPS) is 10.4. The van der Waals surface area contributed by atoms with Crippen molar-refractivity contribution in [3.8, 4) is 0 Å². The summed E-state index contributed by atoms with van der Waals surface area (Å²) in [5, 5.41) is 13.2. The van der Waals surface area contributed by atoms with E-state index < -0.39 is 5.97 Å². The molecular weight excluding hydrogens is 218 g/mol. The second kappa shape index (κ2) is 4.29. The number of rotatable bonds is 3. The molecular formula is C12H13N3O2. The molecule has 5 nitrogen and oxygen atoms in total. The number of aryl methyl sites for hydroxylation is 1. The molecule has 0 atom stereocenters. The highest BCUT2D eigenvalue weighted by Gasteiger charge is 2.06. The fourth-order valence-electron chi connectivity index (χ4n) is 1.69. The number of benzene rings is 1. The third kappa shape index (κ3) is 2.28. The monoisotopic (exact) mass is 231 g/mol. The Hall–Kier alpha value is -2.30. The highest BCUT2D eigenvalue weighted by atomic mass is 16.4. The van der Waals surface area contributed by atoms with Crippen LogP contribution in [0.4, 0.5) is 11.4 Å². The number of nitrogen functional groups attached to an aromatic ring is 1. The molecule has 0 bridgehead atoms. The quantitative estimate of drug-likeness (QED) is 0.698. The molecule has 2 aromatic rings. The van der Waals surface area contributed by atoms with Gasteiger partial charge in [-0.3, -0.25) is 9.78 Å². The zero-order valence-corrected chi connectivity index (χ0v) is 9.40. The van der Waals surface area contributed by atoms with Gasteiger partial charge in [0, 0.05) is 34.0 Å². The molecule has 1 heterocycles. The van der Waals surface area contributed by atoms with Gasteiger partial charge in [0.2, 0.25) is 0 Å². The van der Waals surface area contributed by atoms with Crippen molar-refractivity contribution in [2.24, 2.45) is 0 Å². The van der Waals surface area contributed by atoms with Gasteiger partial charge in [-0.15, -0.1) is 0 Å². The maximum absolute atomic E-state index is 10.5. The standard InChI is InChI=1S/C12H13N3O2/c1-7-4-8-9(5-14-7)10(13)2-3-11(8)15-6-12(16)17/h2-5,15H,6,13H2,1H3,(H,16,17). The zero-order valence-electron chi connectivity index (χ0n) is 9.40. The molecule has 0 saturated heterocycles. The maximum Gasteiger partial charge on any atom is 0.322 e. The molecule has 0 unspecified atom stereocenters. The molecule has 88 valence electrons. The van der Waals surface area contributed by atoms with Crippen LogP contribution in [0.2, 0.25) is 0 Å². The first-order chi connectivity index (χ1) is 8.08. The highest BCUT2D eigenvalue weighted by Crippen LogP contribution is 2.28. The Kier molecular flexibility index (Phi) is 2.82. The second-order valence-corrected chi connectivity index (χ2v) is 3.82. The number of pyridine rings is 1. The van der Waals surface area contributed by atoms with Gasteiger partial charge >= 0.3 is 5.97 Å². The van der Waals surface area contributed by atoms with Crippen molar-refractivity contribution >= 4 is 28.1 Å². The first-order valence-electron chi connectivity index (χ1n) is 5.18. The second-order valence-electron chi connectivity index (χ2n) is 3.82. The number of nitrogens with zero attached hydrogens (tertiary/aromatic N) is 1. The zero-order chi connectivity index (χ0) is 12.4. The predicted molar refractivity (Wildman–Crippen MR) is 67.0 cm³/mol. The molecule has 0 radical (unpaired) electrons. The van der Waals surface area contributed by atoms with E-state index in [4.69, 9.17) is 10.8 Å². The average Bonchev–Trinajstić information content (AvgIpc) is 2.28. The van der Waals surface area contributed by atoms with Crippen molar-refractivity contribution < 1.29 is 9.90 Å². The lowest BCUT2D eigenvalue weighted by Crippen LogP contribution is -2.12. The Labute approximate surface area is 98.3 Å². The van der Waals surface area contributed by atoms with E-state index in [0.29, 0.717) is 5.69 Å². The van der Waals surface area contributed by atoms with E-state index in [2.05, 4.69) is 10.3 Å². The number of aliphatic carboxylic acids is 1. The summed E-state index contributed by atoms with van der Waals surface area (Å²) < 4.78 is 0. The number of aromatic nitrogens is 1. The SMILES string of the molecule is Cc1cc2c(NCC(=O)O)ccc(N)c2cn1. The van der Waals surface area contributed by atoms with Crippen LogP contribution in [0.3, 0.4) is 0 Å². The van der Waals surface area contributed by atoms with Crippen LogP contribution in [0.25, 0.3) is 10.8 Å². The molecule has 4 N–H and O–H groups in total. The van der Waals surface area contributed by atoms with Gasteiger partial charge in [0.25, 0.3) is 0 Å². The fraction of sp³-hybridized carbons (Fsp3) is 0.167. The molecule has 0 fully saturated rings. The van der Waals surface area contributed by atoms with Crippen molar-refractivity contribution in [1.82, 2.24) is 4.98 Å². The van der Waals surface area contributed by atoms with Gasteiger partial charge in [0.1, 0.15) is 6.54 Å². The molecule has 0 amide bonds. The lowest BCUT2D eigenvalue weighted by atomic mass is 10.1. The number of carboxylic acids is 1. The molecule has 17 heavy (non-hydrogen) atoms. The molecule has 0 aliphatic carbocycles. The van der Waals surface area contributed by atoms with Crippen LogP contribution >= 0.6 is 0 Å². The van der Waals surface area contributed by atoms with E-state index in [1.165, 1.54) is 0 Å². The lowest BCUT2D eigenvalue weighted by Gasteiger charge is -2.10. The molecule has 0 aliphatic rings. The predicted octanol–water partition coefficient (Wildman–Crippen LogP) is 1.62. The maximum atomic E-state index is 10.5. The van der Waals surface area contributed by atoms with Gasteiger partial charge in [-0.1, -0.05) is 0 Å². The van der Waals surface area contributed by atoms with Crippen LogP contribution in [0.15, 0.2) is 24.4 Å². The summed E-state index contributed by atoms with van der Waals surface area (Å²) in [7, 11) is 0. The largest absolute Gasteiger partial charge is 0.480 e. The van der Waals surface area contributed by atoms with E-state index >= 15 is 0 Å². The number of fused-ring (bicyclic) bond motifs is 1. The Balaban J connectivity index is 2.52. The molecule has 0 aliphatic heterocycles. The minimum Gasteiger partial charge on any atom is -0.480 e. The van der Waals surface area contributed by atoms with Crippen LogP contribution in [-0.4, -0.2) is 22.6 Å². The smallest absolute Gasteiger partial charge is 0.322 e. The number of anilines is 2. The third-order valence-electron chi connectivity index (χ3n) is 2.50. The van der Waals surface area contributed by atoms with Crippen molar-refractivity contribution in [2.75, 3.05) is 17.6 Å². The summed E-state index contributed by atoms with van der Waals surface area (Å²) in [5.41, 5.74) is 8.09. The average molecular weight is 231 g/mol. The Morgan fingerprint density at radius 3 is 2.94 bits per heavy atom. The molecule has 2 rings (SSSR count). The van der Waals surface area contributed by atoms with Gasteiger partial charge in [-0.25, -0.2) is 0 Å². The molecule has 1 aromatic heterocycles. The van der Waals surface area contributed by atoms with E-state index in [-0.39, 0.29) is 6.54 Å². The van der Waals surface area contributed by atoms with Crippen molar-refractivity contribution in [3.63, 3.8) is 0 Å². The molecule has 0 spiro atoms. The number of carboxylic acid groups (broad SMARTS) is 1. The first kappa shape index (κ1) is 11.2. The van der Waals surface area contributed by atoms with Gasteiger partial charge < -0.3 is 16.2 Å². The summed E-state index contributed by atoms with van der Waals surface area (Å²) in [4.78, 5) is 14.7. The number of carbonyl (C=O) groups is 1. The number of nitrogens with one attached hydrogen (secondary N) is 1. The van der Waals surface area contributed by atoms with Gasteiger partial charge in [-0.05, 0) is 25.1 Å². The van der Waals surface area contributed by atoms with Crippen LogP contribution in [0.5, 0.6) is 0 Å². The van der Waals surface area contributed by atoms with E-state index in [1.807, 2.05) is 13.0 Å². The van der Waals surface area contributed by atoms with Crippen molar-refractivity contribution in [3.05, 3.63) is 30.1 Å². The lowest BCUT2D eigenvalue weighted by molar-refractivity contribution is -0.134. The van der Waals surface area contributed by atoms with Gasteiger partial charge in [-0.2, -0.15) is 0 Å². The van der Waals surface area contributed by atoms with Crippen molar-refractivity contribution in [1.29, 1.82) is 0 Å². The first-order valence-corrected chi connectivity index (χ1v) is 5.18. The Morgan fingerprint density at radius 1 is 1.47 bits per heavy atom. The van der Waals surface area contributed by atoms with Crippen LogP contribution < -0.4 is 11.1 Å². The van der Waals surface area contributed by atoms with E-state index in [1.54, 1.807) is 18.3 Å². The highest BCUT2D eigenvalue weighted by molar-refractivity contribution is 6.01. The van der Waals surface area contributed by atoms with Gasteiger partial charge in [0.15, 0.2) is 0 Å². The van der Waals surface area contributed by atoms with Crippen LogP contribution in [-0.2, 0) is 4.79 Å². The third-order valence-corrected chi connectivity index (χ3v) is 2.50. The minimum atomic E-state index is -0.902. The minimum absolute atomic E-state index is 0.125.